The number of piperidine rings is 1. The number of benzene rings is 1. The maximum Gasteiger partial charge on any atom is 0.234 e. The van der Waals surface area contributed by atoms with Crippen LogP contribution in [0.1, 0.15) is 19.3 Å². The zero-order valence-corrected chi connectivity index (χ0v) is 12.7. The van der Waals surface area contributed by atoms with Crippen LogP contribution >= 0.6 is 11.8 Å². The van der Waals surface area contributed by atoms with Gasteiger partial charge in [-0.3, -0.25) is 4.79 Å². The van der Waals surface area contributed by atoms with Gasteiger partial charge in [0, 0.05) is 18.8 Å². The maximum atomic E-state index is 11.9. The third-order valence-electron chi connectivity index (χ3n) is 3.33. The van der Waals surface area contributed by atoms with Crippen LogP contribution in [0.3, 0.4) is 0 Å². The number of nitrogens with zero attached hydrogens (tertiary/aromatic N) is 1. The van der Waals surface area contributed by atoms with Gasteiger partial charge in [-0.1, -0.05) is 12.1 Å². The van der Waals surface area contributed by atoms with E-state index in [0.717, 1.165) is 36.2 Å². The van der Waals surface area contributed by atoms with Gasteiger partial charge in [-0.15, -0.1) is 11.8 Å². The second-order valence-corrected chi connectivity index (χ2v) is 5.96. The number of carboxylic acid groups (broad SMARTS) is 1. The van der Waals surface area contributed by atoms with Gasteiger partial charge in [0.2, 0.25) is 5.91 Å². The molecule has 1 aromatic carbocycles. The molecule has 0 aromatic heterocycles. The van der Waals surface area contributed by atoms with E-state index in [1.807, 2.05) is 24.3 Å². The van der Waals surface area contributed by atoms with Gasteiger partial charge in [0.15, 0.2) is 0 Å². The second-order valence-electron chi connectivity index (χ2n) is 4.98. The summed E-state index contributed by atoms with van der Waals surface area (Å²) in [6.45, 7) is 2.01. The molecular weight excluding hydrogens is 288 g/mol. The highest BCUT2D eigenvalue weighted by molar-refractivity contribution is 8.00. The number of rotatable bonds is 6. The van der Waals surface area contributed by atoms with Crippen LogP contribution in [0.4, 0.5) is 11.4 Å². The van der Waals surface area contributed by atoms with E-state index in [9.17, 15) is 14.7 Å². The standard InChI is InChI=1S/C15H20N2O3S/c18-14(10-21-11-15(19)20)16-12-6-2-3-7-13(12)17-8-4-1-5-9-17/h2-3,6-7H,1,4-5,8-11H2,(H,16,18)(H,19,20)/p-1. The van der Waals surface area contributed by atoms with E-state index in [4.69, 9.17) is 0 Å². The van der Waals surface area contributed by atoms with Gasteiger partial charge in [0.25, 0.3) is 0 Å². The minimum absolute atomic E-state index is 0.113. The van der Waals surface area contributed by atoms with Crippen LogP contribution < -0.4 is 15.3 Å². The molecule has 0 bridgehead atoms. The van der Waals surface area contributed by atoms with Crippen molar-refractivity contribution >= 4 is 35.0 Å². The van der Waals surface area contributed by atoms with Crippen LogP contribution in [0.2, 0.25) is 0 Å². The molecule has 0 saturated carbocycles. The highest BCUT2D eigenvalue weighted by atomic mass is 32.2. The molecule has 0 spiro atoms. The van der Waals surface area contributed by atoms with Gasteiger partial charge < -0.3 is 20.1 Å². The smallest absolute Gasteiger partial charge is 0.234 e. The zero-order chi connectivity index (χ0) is 15.1. The van der Waals surface area contributed by atoms with Crippen molar-refractivity contribution in [1.82, 2.24) is 0 Å². The van der Waals surface area contributed by atoms with Crippen LogP contribution in [0.15, 0.2) is 24.3 Å². The quantitative estimate of drug-likeness (QED) is 0.852. The topological polar surface area (TPSA) is 72.5 Å². The van der Waals surface area contributed by atoms with Crippen molar-refractivity contribution in [2.45, 2.75) is 19.3 Å². The molecule has 6 heteroatoms. The molecule has 1 fully saturated rings. The number of hydrogen-bond donors (Lipinski definition) is 1. The van der Waals surface area contributed by atoms with Crippen LogP contribution in [0, 0.1) is 0 Å². The van der Waals surface area contributed by atoms with Crippen molar-refractivity contribution in [2.75, 3.05) is 34.8 Å². The number of hydrogen-bond acceptors (Lipinski definition) is 5. The SMILES string of the molecule is O=C([O-])CSCC(=O)Nc1ccccc1N1CCCCC1. The average molecular weight is 307 g/mol. The average Bonchev–Trinajstić information content (AvgIpc) is 2.48. The number of carboxylic acids is 1. The van der Waals surface area contributed by atoms with Crippen molar-refractivity contribution in [3.63, 3.8) is 0 Å². The molecule has 0 atom stereocenters. The molecule has 1 aromatic rings. The molecule has 114 valence electrons. The Labute approximate surface area is 128 Å². The molecular formula is C15H19N2O3S-. The minimum atomic E-state index is -1.15. The van der Waals surface area contributed by atoms with Gasteiger partial charge in [0.1, 0.15) is 0 Å². The van der Waals surface area contributed by atoms with Crippen molar-refractivity contribution in [3.05, 3.63) is 24.3 Å². The first-order chi connectivity index (χ1) is 10.2. The van der Waals surface area contributed by atoms with Crippen molar-refractivity contribution in [2.24, 2.45) is 0 Å². The fourth-order valence-corrected chi connectivity index (χ4v) is 2.93. The Balaban J connectivity index is 1.96. The lowest BCUT2D eigenvalue weighted by Crippen LogP contribution is -2.30. The Morgan fingerprint density at radius 1 is 1.14 bits per heavy atom. The number of aliphatic carboxylic acids is 1. The van der Waals surface area contributed by atoms with Crippen molar-refractivity contribution < 1.29 is 14.7 Å². The number of nitrogens with one attached hydrogen (secondary N) is 1. The second kappa shape index (κ2) is 7.93. The summed E-state index contributed by atoms with van der Waals surface area (Å²) < 4.78 is 0. The first-order valence-electron chi connectivity index (χ1n) is 7.08. The molecule has 1 saturated heterocycles. The Morgan fingerprint density at radius 3 is 2.57 bits per heavy atom. The monoisotopic (exact) mass is 307 g/mol. The zero-order valence-electron chi connectivity index (χ0n) is 11.8. The van der Waals surface area contributed by atoms with Crippen molar-refractivity contribution in [3.8, 4) is 0 Å². The summed E-state index contributed by atoms with van der Waals surface area (Å²) in [6.07, 6.45) is 3.60. The highest BCUT2D eigenvalue weighted by Gasteiger charge is 2.15. The van der Waals surface area contributed by atoms with Crippen LogP contribution in [0.25, 0.3) is 0 Å². The first-order valence-corrected chi connectivity index (χ1v) is 8.23. The van der Waals surface area contributed by atoms with E-state index in [2.05, 4.69) is 10.2 Å². The predicted molar refractivity (Wildman–Crippen MR) is 83.5 cm³/mol. The summed E-state index contributed by atoms with van der Waals surface area (Å²) >= 11 is 1.04. The van der Waals surface area contributed by atoms with E-state index in [-0.39, 0.29) is 17.4 Å². The summed E-state index contributed by atoms with van der Waals surface area (Å²) in [7, 11) is 0. The molecule has 0 aliphatic carbocycles. The van der Waals surface area contributed by atoms with Gasteiger partial charge in [-0.05, 0) is 31.4 Å². The largest absolute Gasteiger partial charge is 0.549 e. The summed E-state index contributed by atoms with van der Waals surface area (Å²) in [5.74, 6) is -1.39. The van der Waals surface area contributed by atoms with E-state index in [1.54, 1.807) is 0 Å². The summed E-state index contributed by atoms with van der Waals surface area (Å²) in [6, 6.07) is 7.74. The molecule has 1 aliphatic rings. The number of thioether (sulfide) groups is 1. The van der Waals surface area contributed by atoms with Crippen LogP contribution in [0.5, 0.6) is 0 Å². The normalized spacial score (nSPS) is 14.8. The van der Waals surface area contributed by atoms with Gasteiger partial charge in [0.05, 0.1) is 23.1 Å². The number of anilines is 2. The number of amides is 1. The van der Waals surface area contributed by atoms with E-state index < -0.39 is 5.97 Å². The van der Waals surface area contributed by atoms with Gasteiger partial charge in [-0.25, -0.2) is 0 Å². The molecule has 21 heavy (non-hydrogen) atoms. The molecule has 5 nitrogen and oxygen atoms in total. The predicted octanol–water partition coefficient (Wildman–Crippen LogP) is 1.10. The third-order valence-corrected chi connectivity index (χ3v) is 4.23. The Morgan fingerprint density at radius 2 is 1.86 bits per heavy atom. The molecule has 2 rings (SSSR count). The summed E-state index contributed by atoms with van der Waals surface area (Å²) in [4.78, 5) is 24.5. The van der Waals surface area contributed by atoms with Gasteiger partial charge >= 0.3 is 0 Å². The van der Waals surface area contributed by atoms with E-state index in [0.29, 0.717) is 0 Å². The first kappa shape index (κ1) is 15.7. The summed E-state index contributed by atoms with van der Waals surface area (Å²) in [5, 5.41) is 13.2. The van der Waals surface area contributed by atoms with E-state index in [1.165, 1.54) is 19.3 Å². The molecule has 1 N–H and O–H groups in total. The highest BCUT2D eigenvalue weighted by Crippen LogP contribution is 2.28. The lowest BCUT2D eigenvalue weighted by molar-refractivity contribution is -0.301. The lowest BCUT2D eigenvalue weighted by Gasteiger charge is -2.30. The van der Waals surface area contributed by atoms with Crippen LogP contribution in [-0.4, -0.2) is 36.5 Å². The minimum Gasteiger partial charge on any atom is -0.549 e. The number of carbonyl (C=O) groups excluding carboxylic acids is 2. The van der Waals surface area contributed by atoms with E-state index >= 15 is 0 Å². The molecule has 1 heterocycles. The third kappa shape index (κ3) is 4.97. The van der Waals surface area contributed by atoms with Crippen LogP contribution in [-0.2, 0) is 9.59 Å². The Hall–Kier alpha value is -1.69. The fourth-order valence-electron chi connectivity index (χ4n) is 2.40. The number of carbonyl (C=O) groups is 2. The van der Waals surface area contributed by atoms with Gasteiger partial charge in [-0.2, -0.15) is 0 Å². The number of para-hydroxylation sites is 2. The Kier molecular flexibility index (Phi) is 5.92. The molecule has 0 radical (unpaired) electrons. The summed E-state index contributed by atoms with van der Waals surface area (Å²) in [5.41, 5.74) is 1.83. The molecule has 1 amide bonds. The fraction of sp³-hybridized carbons (Fsp3) is 0.467. The van der Waals surface area contributed by atoms with Crippen molar-refractivity contribution in [1.29, 1.82) is 0 Å². The molecule has 0 unspecified atom stereocenters. The lowest BCUT2D eigenvalue weighted by atomic mass is 10.1. The maximum absolute atomic E-state index is 11.9. The molecule has 1 aliphatic heterocycles. The Bertz CT molecular complexity index is 501.